The molecule has 0 saturated heterocycles. The summed E-state index contributed by atoms with van der Waals surface area (Å²) in [6.07, 6.45) is 0. The van der Waals surface area contributed by atoms with Gasteiger partial charge in [0, 0.05) is 21.3 Å². The zero-order valence-electron chi connectivity index (χ0n) is 4.34. The molecule has 0 aromatic rings. The minimum atomic E-state index is 1.05. The first-order chi connectivity index (χ1) is 3.83. The molecule has 0 nitrogen and oxygen atoms in total. The van der Waals surface area contributed by atoms with E-state index in [1.807, 2.05) is 0 Å². The van der Waals surface area contributed by atoms with E-state index < -0.39 is 0 Å². The Morgan fingerprint density at radius 3 is 0.625 bits per heavy atom. The van der Waals surface area contributed by atoms with Crippen LogP contribution in [0.2, 0.25) is 0 Å². The van der Waals surface area contributed by atoms with Crippen molar-refractivity contribution >= 4 is 63.7 Å². The third kappa shape index (κ3) is 24.7. The van der Waals surface area contributed by atoms with Crippen molar-refractivity contribution in [3.05, 3.63) is 0 Å². The zero-order valence-corrected chi connectivity index (χ0v) is 10.7. The Morgan fingerprint density at radius 1 is 0.500 bits per heavy atom. The fraction of sp³-hybridized carbons (Fsp3) is 1.00. The molecule has 0 unspecified atom stereocenters. The Hall–Kier alpha value is 1.92. The molecule has 0 radical (unpaired) electrons. The lowest BCUT2D eigenvalue weighted by Gasteiger charge is -1.63. The van der Waals surface area contributed by atoms with Crippen molar-refractivity contribution in [1.82, 2.24) is 0 Å². The largest absolute Gasteiger partial charge is 0.0919 e. The van der Waals surface area contributed by atoms with Gasteiger partial charge in [-0.3, -0.25) is 0 Å². The SMILES string of the molecule is BrCCBr.BrCCBr. The molecule has 0 aliphatic heterocycles. The standard InChI is InChI=1S/2C2H4Br2/c2*3-1-2-4/h2*1-2H2. The third-order valence-electron chi connectivity index (χ3n) is 0.143. The van der Waals surface area contributed by atoms with E-state index in [2.05, 4.69) is 63.7 Å². The summed E-state index contributed by atoms with van der Waals surface area (Å²) in [5, 5.41) is 4.19. The van der Waals surface area contributed by atoms with Crippen LogP contribution in [0.15, 0.2) is 0 Å². The van der Waals surface area contributed by atoms with Crippen LogP contribution in [0.25, 0.3) is 0 Å². The second kappa shape index (κ2) is 16.0. The van der Waals surface area contributed by atoms with Gasteiger partial charge in [0.15, 0.2) is 0 Å². The molecule has 0 bridgehead atoms. The summed E-state index contributed by atoms with van der Waals surface area (Å²) in [5.41, 5.74) is 0. The van der Waals surface area contributed by atoms with Crippen LogP contribution >= 0.6 is 63.7 Å². The molecule has 0 aliphatic carbocycles. The molecular weight excluding hydrogens is 368 g/mol. The number of hydrogen-bond acceptors (Lipinski definition) is 0. The maximum absolute atomic E-state index is 3.20. The summed E-state index contributed by atoms with van der Waals surface area (Å²) >= 11 is 12.8. The molecule has 0 aliphatic rings. The number of alkyl halides is 4. The van der Waals surface area contributed by atoms with Crippen LogP contribution in [0.3, 0.4) is 0 Å². The highest BCUT2D eigenvalue weighted by Crippen LogP contribution is 1.83. The van der Waals surface area contributed by atoms with Gasteiger partial charge in [-0.05, 0) is 0 Å². The summed E-state index contributed by atoms with van der Waals surface area (Å²) in [5.74, 6) is 0. The van der Waals surface area contributed by atoms with Crippen LogP contribution in [0, 0.1) is 0 Å². The van der Waals surface area contributed by atoms with Gasteiger partial charge in [-0.2, -0.15) is 0 Å². The van der Waals surface area contributed by atoms with E-state index in [0.29, 0.717) is 0 Å². The predicted molar refractivity (Wildman–Crippen MR) is 55.2 cm³/mol. The molecule has 52 valence electrons. The van der Waals surface area contributed by atoms with Crippen LogP contribution < -0.4 is 0 Å². The number of hydrogen-bond donors (Lipinski definition) is 0. The van der Waals surface area contributed by atoms with Crippen molar-refractivity contribution in [3.63, 3.8) is 0 Å². The monoisotopic (exact) mass is 372 g/mol. The fourth-order valence-corrected chi connectivity index (χ4v) is 0. The average Bonchev–Trinajstić information content (AvgIpc) is 1.88. The number of rotatable bonds is 2. The quantitative estimate of drug-likeness (QED) is 0.648. The Balaban J connectivity index is 0. The molecule has 0 atom stereocenters. The van der Waals surface area contributed by atoms with Gasteiger partial charge in [-0.15, -0.1) is 0 Å². The normalized spacial score (nSPS) is 7.50. The van der Waals surface area contributed by atoms with E-state index >= 15 is 0 Å². The smallest absolute Gasteiger partial charge is 0.0129 e. The van der Waals surface area contributed by atoms with E-state index in [9.17, 15) is 0 Å². The van der Waals surface area contributed by atoms with Crippen molar-refractivity contribution in [2.45, 2.75) is 0 Å². The van der Waals surface area contributed by atoms with Gasteiger partial charge in [0.1, 0.15) is 0 Å². The van der Waals surface area contributed by atoms with E-state index in [1.165, 1.54) is 0 Å². The van der Waals surface area contributed by atoms with Crippen LogP contribution in [0.5, 0.6) is 0 Å². The van der Waals surface area contributed by atoms with Gasteiger partial charge in [0.2, 0.25) is 0 Å². The number of halogens is 4. The first-order valence-electron chi connectivity index (χ1n) is 2.07. The molecule has 0 saturated carbocycles. The Bertz CT molecular complexity index is 16.0. The Morgan fingerprint density at radius 2 is 0.625 bits per heavy atom. The van der Waals surface area contributed by atoms with Gasteiger partial charge in [-0.25, -0.2) is 0 Å². The van der Waals surface area contributed by atoms with Gasteiger partial charge in [-0.1, -0.05) is 63.7 Å². The Labute approximate surface area is 84.3 Å². The minimum absolute atomic E-state index is 1.05. The van der Waals surface area contributed by atoms with Crippen molar-refractivity contribution in [2.24, 2.45) is 0 Å². The van der Waals surface area contributed by atoms with E-state index in [4.69, 9.17) is 0 Å². The molecule has 0 spiro atoms. The summed E-state index contributed by atoms with van der Waals surface area (Å²) in [6, 6.07) is 0. The fourth-order valence-electron chi connectivity index (χ4n) is 0. The topological polar surface area (TPSA) is 0 Å². The maximum Gasteiger partial charge on any atom is 0.0129 e. The van der Waals surface area contributed by atoms with Gasteiger partial charge in [0.05, 0.1) is 0 Å². The van der Waals surface area contributed by atoms with Gasteiger partial charge in [0.25, 0.3) is 0 Å². The van der Waals surface area contributed by atoms with Gasteiger partial charge < -0.3 is 0 Å². The van der Waals surface area contributed by atoms with Crippen LogP contribution in [-0.4, -0.2) is 21.3 Å². The average molecular weight is 376 g/mol. The van der Waals surface area contributed by atoms with Crippen LogP contribution in [0.1, 0.15) is 0 Å². The Kier molecular flexibility index (Phi) is 25.1. The highest BCUT2D eigenvalue weighted by Gasteiger charge is 1.61. The molecule has 8 heavy (non-hydrogen) atoms. The molecule has 0 fully saturated rings. The zero-order chi connectivity index (χ0) is 6.83. The first kappa shape index (κ1) is 12.6. The lowest BCUT2D eigenvalue weighted by molar-refractivity contribution is 1.62. The highest BCUT2D eigenvalue weighted by atomic mass is 79.9. The summed E-state index contributed by atoms with van der Waals surface area (Å²) in [4.78, 5) is 0. The van der Waals surface area contributed by atoms with E-state index in [0.717, 1.165) is 21.3 Å². The molecule has 0 aromatic carbocycles. The van der Waals surface area contributed by atoms with Crippen LogP contribution in [-0.2, 0) is 0 Å². The molecule has 0 aromatic heterocycles. The van der Waals surface area contributed by atoms with E-state index in [1.54, 1.807) is 0 Å². The molecule has 0 N–H and O–H groups in total. The molecule has 0 amide bonds. The second-order valence-corrected chi connectivity index (χ2v) is 3.93. The summed E-state index contributed by atoms with van der Waals surface area (Å²) < 4.78 is 0. The summed E-state index contributed by atoms with van der Waals surface area (Å²) in [7, 11) is 0. The third-order valence-corrected chi connectivity index (χ3v) is 3.86. The molecular formula is C4H8Br4. The van der Waals surface area contributed by atoms with E-state index in [-0.39, 0.29) is 0 Å². The van der Waals surface area contributed by atoms with Crippen molar-refractivity contribution in [3.8, 4) is 0 Å². The first-order valence-corrected chi connectivity index (χ1v) is 6.55. The second-order valence-electron chi connectivity index (χ2n) is 0.756. The molecule has 0 heterocycles. The lowest BCUT2D eigenvalue weighted by Crippen LogP contribution is -1.61. The van der Waals surface area contributed by atoms with Crippen molar-refractivity contribution in [1.29, 1.82) is 0 Å². The molecule has 4 heteroatoms. The lowest BCUT2D eigenvalue weighted by atomic mass is 11.0. The van der Waals surface area contributed by atoms with Crippen LogP contribution in [0.4, 0.5) is 0 Å². The highest BCUT2D eigenvalue weighted by molar-refractivity contribution is 9.12. The summed E-state index contributed by atoms with van der Waals surface area (Å²) in [6.45, 7) is 0. The van der Waals surface area contributed by atoms with Crippen molar-refractivity contribution in [2.75, 3.05) is 21.3 Å². The maximum atomic E-state index is 3.20. The minimum Gasteiger partial charge on any atom is -0.0919 e. The molecule has 0 rings (SSSR count). The van der Waals surface area contributed by atoms with Crippen molar-refractivity contribution < 1.29 is 0 Å². The predicted octanol–water partition coefficient (Wildman–Crippen LogP) is 3.55. The van der Waals surface area contributed by atoms with Gasteiger partial charge >= 0.3 is 0 Å².